The van der Waals surface area contributed by atoms with Gasteiger partial charge in [-0.2, -0.15) is 0 Å². The monoisotopic (exact) mass is 489 g/mol. The van der Waals surface area contributed by atoms with Crippen molar-refractivity contribution in [2.24, 2.45) is 5.92 Å². The van der Waals surface area contributed by atoms with Crippen LogP contribution in [0.1, 0.15) is 64.1 Å². The number of hydrogen-bond acceptors (Lipinski definition) is 5. The number of carbonyl (C=O) groups is 2. The van der Waals surface area contributed by atoms with Crippen LogP contribution in [0, 0.1) is 5.92 Å². The Labute approximate surface area is 206 Å². The van der Waals surface area contributed by atoms with Gasteiger partial charge in [-0.1, -0.05) is 13.8 Å². The first kappa shape index (κ1) is 24.6. The third kappa shape index (κ3) is 5.07. The van der Waals surface area contributed by atoms with E-state index in [0.29, 0.717) is 44.0 Å². The second kappa shape index (κ2) is 9.07. The quantitative estimate of drug-likeness (QED) is 0.638. The summed E-state index contributed by atoms with van der Waals surface area (Å²) >= 11 is 0. The number of piperazine rings is 1. The fraction of sp³-hybridized carbons (Fsp3) is 0.731. The Morgan fingerprint density at radius 1 is 1.31 bits per heavy atom. The summed E-state index contributed by atoms with van der Waals surface area (Å²) in [7, 11) is 0. The predicted molar refractivity (Wildman–Crippen MR) is 129 cm³/mol. The molecule has 2 amide bonds. The van der Waals surface area contributed by atoms with Crippen LogP contribution in [0.4, 0.5) is 14.5 Å². The molecule has 1 aromatic rings. The number of anilines is 1. The molecule has 35 heavy (non-hydrogen) atoms. The smallest absolute Gasteiger partial charge is 0.275 e. The van der Waals surface area contributed by atoms with Crippen molar-refractivity contribution in [1.82, 2.24) is 20.1 Å². The zero-order valence-corrected chi connectivity index (χ0v) is 21.0. The lowest BCUT2D eigenvalue weighted by Gasteiger charge is -2.41. The highest BCUT2D eigenvalue weighted by molar-refractivity contribution is 5.97. The summed E-state index contributed by atoms with van der Waals surface area (Å²) in [5.41, 5.74) is 0.708. The maximum absolute atomic E-state index is 14.9. The fourth-order valence-electron chi connectivity index (χ4n) is 5.78. The van der Waals surface area contributed by atoms with Gasteiger partial charge in [0.25, 0.3) is 5.92 Å². The Bertz CT molecular complexity index is 996. The summed E-state index contributed by atoms with van der Waals surface area (Å²) in [5, 5.41) is 3.47. The van der Waals surface area contributed by atoms with Crippen LogP contribution in [0.25, 0.3) is 0 Å². The number of rotatable bonds is 7. The van der Waals surface area contributed by atoms with Gasteiger partial charge in [0.05, 0.1) is 17.9 Å². The van der Waals surface area contributed by atoms with Gasteiger partial charge in [-0.05, 0) is 38.2 Å². The molecule has 0 spiro atoms. The number of hydrogen-bond donors (Lipinski definition) is 1. The minimum atomic E-state index is -2.94. The second-order valence-corrected chi connectivity index (χ2v) is 11.6. The molecule has 4 aliphatic rings. The highest BCUT2D eigenvalue weighted by Crippen LogP contribution is 2.46. The van der Waals surface area contributed by atoms with E-state index in [1.165, 1.54) is 12.3 Å². The third-order valence-electron chi connectivity index (χ3n) is 7.99. The molecule has 1 aromatic heterocycles. The summed E-state index contributed by atoms with van der Waals surface area (Å²) in [4.78, 5) is 36.0. The van der Waals surface area contributed by atoms with Gasteiger partial charge in [-0.3, -0.25) is 19.5 Å². The Hall–Kier alpha value is -2.13. The van der Waals surface area contributed by atoms with Gasteiger partial charge in [-0.25, -0.2) is 8.78 Å². The number of aromatic nitrogens is 1. The number of alkyl halides is 2. The van der Waals surface area contributed by atoms with Gasteiger partial charge in [0.2, 0.25) is 11.8 Å². The average molecular weight is 490 g/mol. The largest absolute Gasteiger partial charge is 0.341 e. The van der Waals surface area contributed by atoms with Crippen LogP contribution < -0.4 is 10.2 Å². The molecule has 3 aliphatic heterocycles. The molecule has 7 nitrogen and oxygen atoms in total. The molecule has 0 aromatic carbocycles. The molecule has 1 N–H and O–H groups in total. The van der Waals surface area contributed by atoms with Crippen LogP contribution in [0.15, 0.2) is 12.3 Å². The van der Waals surface area contributed by atoms with Crippen molar-refractivity contribution in [1.29, 1.82) is 0 Å². The SMILES string of the molecule is C[C@@H]1CN(CC(=O)N2CC(C)(C)c3ncc(C(F)(F)CC4CC4)cc32)[C@@H](CN2CCCC2=O)CN1. The van der Waals surface area contributed by atoms with Crippen molar-refractivity contribution in [2.45, 2.75) is 76.3 Å². The topological polar surface area (TPSA) is 68.8 Å². The van der Waals surface area contributed by atoms with Gasteiger partial charge in [0.15, 0.2) is 0 Å². The minimum Gasteiger partial charge on any atom is -0.341 e. The van der Waals surface area contributed by atoms with Gasteiger partial charge in [-0.15, -0.1) is 0 Å². The van der Waals surface area contributed by atoms with Gasteiger partial charge in [0.1, 0.15) is 0 Å². The van der Waals surface area contributed by atoms with Gasteiger partial charge < -0.3 is 15.1 Å². The maximum Gasteiger partial charge on any atom is 0.275 e. The lowest BCUT2D eigenvalue weighted by atomic mass is 9.91. The first-order chi connectivity index (χ1) is 16.5. The molecule has 2 saturated heterocycles. The Morgan fingerprint density at radius 2 is 2.09 bits per heavy atom. The first-order valence-corrected chi connectivity index (χ1v) is 13.0. The van der Waals surface area contributed by atoms with E-state index in [1.807, 2.05) is 18.7 Å². The zero-order chi connectivity index (χ0) is 25.0. The van der Waals surface area contributed by atoms with E-state index in [-0.39, 0.29) is 48.3 Å². The van der Waals surface area contributed by atoms with E-state index in [1.54, 1.807) is 4.90 Å². The molecule has 0 bridgehead atoms. The molecule has 4 heterocycles. The molecule has 0 unspecified atom stereocenters. The summed E-state index contributed by atoms with van der Waals surface area (Å²) in [6.45, 7) is 9.48. The molecule has 1 aliphatic carbocycles. The number of nitrogens with one attached hydrogen (secondary N) is 1. The Morgan fingerprint density at radius 3 is 2.77 bits per heavy atom. The molecule has 9 heteroatoms. The molecule has 2 atom stereocenters. The van der Waals surface area contributed by atoms with E-state index in [4.69, 9.17) is 0 Å². The van der Waals surface area contributed by atoms with Crippen LogP contribution in [0.2, 0.25) is 0 Å². The van der Waals surface area contributed by atoms with E-state index >= 15 is 0 Å². The summed E-state index contributed by atoms with van der Waals surface area (Å²) < 4.78 is 29.9. The summed E-state index contributed by atoms with van der Waals surface area (Å²) in [6, 6.07) is 1.77. The van der Waals surface area contributed by atoms with Crippen molar-refractivity contribution in [3.63, 3.8) is 0 Å². The second-order valence-electron chi connectivity index (χ2n) is 11.6. The highest BCUT2D eigenvalue weighted by atomic mass is 19.3. The number of nitrogens with zero attached hydrogens (tertiary/aromatic N) is 4. The predicted octanol–water partition coefficient (Wildman–Crippen LogP) is 2.88. The normalized spacial score (nSPS) is 26.9. The molecular formula is C26H37F2N5O2. The van der Waals surface area contributed by atoms with Crippen LogP contribution >= 0.6 is 0 Å². The highest BCUT2D eigenvalue weighted by Gasteiger charge is 2.44. The van der Waals surface area contributed by atoms with Gasteiger partial charge >= 0.3 is 0 Å². The summed E-state index contributed by atoms with van der Waals surface area (Å²) in [6.07, 6.45) is 4.35. The fourth-order valence-corrected chi connectivity index (χ4v) is 5.78. The minimum absolute atomic E-state index is 0.0413. The van der Waals surface area contributed by atoms with Crippen LogP contribution in [0.3, 0.4) is 0 Å². The number of carbonyl (C=O) groups excluding carboxylic acids is 2. The Kier molecular flexibility index (Phi) is 6.36. The summed E-state index contributed by atoms with van der Waals surface area (Å²) in [5.74, 6) is -2.78. The van der Waals surface area contributed by atoms with E-state index < -0.39 is 11.3 Å². The van der Waals surface area contributed by atoms with Gasteiger partial charge in [0, 0.05) is 74.8 Å². The molecule has 3 fully saturated rings. The average Bonchev–Trinajstić information content (AvgIpc) is 3.44. The number of halogens is 2. The molecular weight excluding hydrogens is 452 g/mol. The number of pyridine rings is 1. The van der Waals surface area contributed by atoms with Crippen LogP contribution in [-0.4, -0.2) is 78.0 Å². The molecule has 5 rings (SSSR count). The first-order valence-electron chi connectivity index (χ1n) is 13.0. The maximum atomic E-state index is 14.9. The number of amides is 2. The van der Waals surface area contributed by atoms with Crippen molar-refractivity contribution in [2.75, 3.05) is 44.2 Å². The van der Waals surface area contributed by atoms with Crippen LogP contribution in [-0.2, 0) is 20.9 Å². The standard InChI is InChI=1S/C26H37F2N5O2/c1-17-13-32(20(12-29-17)14-31-8-4-5-22(31)34)15-23(35)33-16-25(2,3)24-21(33)9-19(11-30-24)26(27,28)10-18-6-7-18/h9,11,17-18,20,29H,4-8,10,12-16H2,1-3H3/t17-,20-/m1/s1. The van der Waals surface area contributed by atoms with E-state index in [0.717, 1.165) is 25.8 Å². The lowest BCUT2D eigenvalue weighted by molar-refractivity contribution is -0.128. The number of fused-ring (bicyclic) bond motifs is 1. The third-order valence-corrected chi connectivity index (χ3v) is 7.99. The van der Waals surface area contributed by atoms with Crippen LogP contribution in [0.5, 0.6) is 0 Å². The molecule has 1 saturated carbocycles. The lowest BCUT2D eigenvalue weighted by Crippen LogP contribution is -2.60. The van der Waals surface area contributed by atoms with Crippen molar-refractivity contribution in [3.05, 3.63) is 23.5 Å². The van der Waals surface area contributed by atoms with Crippen molar-refractivity contribution >= 4 is 17.5 Å². The van der Waals surface area contributed by atoms with Crippen molar-refractivity contribution < 1.29 is 18.4 Å². The van der Waals surface area contributed by atoms with Crippen molar-refractivity contribution in [3.8, 4) is 0 Å². The number of likely N-dealkylation sites (tertiary alicyclic amines) is 1. The zero-order valence-electron chi connectivity index (χ0n) is 21.0. The molecule has 0 radical (unpaired) electrons. The Balaban J connectivity index is 1.35. The van der Waals surface area contributed by atoms with E-state index in [9.17, 15) is 18.4 Å². The molecule has 192 valence electrons. The van der Waals surface area contributed by atoms with E-state index in [2.05, 4.69) is 22.1 Å².